The predicted octanol–water partition coefficient (Wildman–Crippen LogP) is 3.95. The topological polar surface area (TPSA) is 47.9 Å². The minimum atomic E-state index is -2.46. The standard InChI is InChI=1S/C19H36O4SSi/c1-4-21-25(22-5-2,23-6-3)9-7-8-24-15-12-16-14-10-18(17(16)13-15)19(20)11-14/h14-20H,4-13H2,1-3H3. The normalized spacial score (nSPS) is 37.0. The van der Waals surface area contributed by atoms with Gasteiger partial charge in [0.05, 0.1) is 6.10 Å². The van der Waals surface area contributed by atoms with Crippen LogP contribution in [0.25, 0.3) is 0 Å². The third-order valence-electron chi connectivity index (χ3n) is 6.46. The first-order valence-corrected chi connectivity index (χ1v) is 13.3. The molecule has 0 amide bonds. The molecular weight excluding hydrogens is 352 g/mol. The molecular formula is C19H36O4SSi. The van der Waals surface area contributed by atoms with Crippen molar-refractivity contribution in [3.63, 3.8) is 0 Å². The molecule has 3 fully saturated rings. The van der Waals surface area contributed by atoms with E-state index in [2.05, 4.69) is 11.8 Å². The van der Waals surface area contributed by atoms with E-state index in [0.29, 0.717) is 25.7 Å². The van der Waals surface area contributed by atoms with Gasteiger partial charge in [-0.25, -0.2) is 0 Å². The van der Waals surface area contributed by atoms with E-state index in [4.69, 9.17) is 13.3 Å². The largest absolute Gasteiger partial charge is 0.500 e. The van der Waals surface area contributed by atoms with Crippen LogP contribution in [0.4, 0.5) is 0 Å². The van der Waals surface area contributed by atoms with Gasteiger partial charge in [0.25, 0.3) is 0 Å². The zero-order chi connectivity index (χ0) is 17.9. The SMILES string of the molecule is CCO[Si](CCCSC1CC2C3CC(O)C(C3)C2C1)(OCC)OCC. The maximum atomic E-state index is 10.2. The average Bonchev–Trinajstić information content (AvgIpc) is 3.23. The minimum absolute atomic E-state index is 0.00481. The van der Waals surface area contributed by atoms with Gasteiger partial charge in [-0.05, 0) is 82.3 Å². The lowest BCUT2D eigenvalue weighted by Gasteiger charge is -2.28. The summed E-state index contributed by atoms with van der Waals surface area (Å²) in [6, 6.07) is 0.930. The lowest BCUT2D eigenvalue weighted by Crippen LogP contribution is -2.46. The van der Waals surface area contributed by atoms with E-state index >= 15 is 0 Å². The molecule has 3 aliphatic rings. The van der Waals surface area contributed by atoms with E-state index in [0.717, 1.165) is 41.9 Å². The van der Waals surface area contributed by atoms with Crippen molar-refractivity contribution < 1.29 is 18.4 Å². The molecule has 2 bridgehead atoms. The summed E-state index contributed by atoms with van der Waals surface area (Å²) in [7, 11) is -2.46. The van der Waals surface area contributed by atoms with Gasteiger partial charge in [0.15, 0.2) is 0 Å². The van der Waals surface area contributed by atoms with Gasteiger partial charge < -0.3 is 18.4 Å². The van der Waals surface area contributed by atoms with Gasteiger partial charge in [-0.1, -0.05) is 0 Å². The van der Waals surface area contributed by atoms with Crippen LogP contribution in [0.15, 0.2) is 0 Å². The molecule has 0 heterocycles. The first-order chi connectivity index (χ1) is 12.1. The number of thioether (sulfide) groups is 1. The van der Waals surface area contributed by atoms with Gasteiger partial charge in [0.2, 0.25) is 0 Å². The van der Waals surface area contributed by atoms with Crippen LogP contribution in [0.3, 0.4) is 0 Å². The van der Waals surface area contributed by atoms with E-state index in [1.165, 1.54) is 25.0 Å². The van der Waals surface area contributed by atoms with Crippen LogP contribution in [0.5, 0.6) is 0 Å². The Labute approximate surface area is 158 Å². The smallest absolute Gasteiger partial charge is 0.393 e. The Morgan fingerprint density at radius 3 is 2.16 bits per heavy atom. The van der Waals surface area contributed by atoms with E-state index < -0.39 is 8.80 Å². The Morgan fingerprint density at radius 2 is 1.52 bits per heavy atom. The summed E-state index contributed by atoms with van der Waals surface area (Å²) in [6.45, 7) is 8.06. The van der Waals surface area contributed by atoms with Crippen molar-refractivity contribution in [1.29, 1.82) is 0 Å². The van der Waals surface area contributed by atoms with Gasteiger partial charge >= 0.3 is 8.80 Å². The zero-order valence-corrected chi connectivity index (χ0v) is 17.9. The van der Waals surface area contributed by atoms with E-state index in [-0.39, 0.29) is 6.10 Å². The Bertz CT molecular complexity index is 407. The number of hydrogen-bond acceptors (Lipinski definition) is 5. The predicted molar refractivity (Wildman–Crippen MR) is 105 cm³/mol. The first kappa shape index (κ1) is 20.1. The number of fused-ring (bicyclic) bond motifs is 5. The lowest BCUT2D eigenvalue weighted by atomic mass is 9.80. The van der Waals surface area contributed by atoms with Crippen molar-refractivity contribution in [2.45, 2.75) is 70.3 Å². The third-order valence-corrected chi connectivity index (χ3v) is 11.0. The highest BCUT2D eigenvalue weighted by molar-refractivity contribution is 7.99. The Morgan fingerprint density at radius 1 is 0.880 bits per heavy atom. The molecule has 3 saturated carbocycles. The quantitative estimate of drug-likeness (QED) is 0.429. The van der Waals surface area contributed by atoms with Crippen molar-refractivity contribution in [2.75, 3.05) is 25.6 Å². The molecule has 6 unspecified atom stereocenters. The Kier molecular flexibility index (Phi) is 7.31. The van der Waals surface area contributed by atoms with Crippen molar-refractivity contribution in [1.82, 2.24) is 0 Å². The van der Waals surface area contributed by atoms with Crippen molar-refractivity contribution in [3.05, 3.63) is 0 Å². The van der Waals surface area contributed by atoms with E-state index in [1.54, 1.807) is 0 Å². The number of aliphatic hydroxyl groups excluding tert-OH is 1. The van der Waals surface area contributed by atoms with Crippen molar-refractivity contribution >= 4 is 20.6 Å². The van der Waals surface area contributed by atoms with Crippen LogP contribution in [0, 0.1) is 23.7 Å². The molecule has 3 rings (SSSR count). The van der Waals surface area contributed by atoms with Gasteiger partial charge in [-0.15, -0.1) is 0 Å². The summed E-state index contributed by atoms with van der Waals surface area (Å²) in [5.74, 6) is 4.34. The van der Waals surface area contributed by atoms with Crippen LogP contribution in [0.1, 0.15) is 52.9 Å². The van der Waals surface area contributed by atoms with E-state index in [1.807, 2.05) is 20.8 Å². The van der Waals surface area contributed by atoms with Crippen LogP contribution in [-0.2, 0) is 13.3 Å². The molecule has 0 aliphatic heterocycles. The molecule has 3 aliphatic carbocycles. The fraction of sp³-hybridized carbons (Fsp3) is 1.00. The van der Waals surface area contributed by atoms with Gasteiger partial charge in [0, 0.05) is 31.1 Å². The molecule has 6 heteroatoms. The van der Waals surface area contributed by atoms with E-state index in [9.17, 15) is 5.11 Å². The zero-order valence-electron chi connectivity index (χ0n) is 16.1. The highest BCUT2D eigenvalue weighted by Crippen LogP contribution is 2.60. The molecule has 0 aromatic rings. The summed E-state index contributed by atoms with van der Waals surface area (Å²) < 4.78 is 17.8. The summed E-state index contributed by atoms with van der Waals surface area (Å²) >= 11 is 2.14. The maximum Gasteiger partial charge on any atom is 0.500 e. The van der Waals surface area contributed by atoms with Crippen molar-refractivity contribution in [2.24, 2.45) is 23.7 Å². The van der Waals surface area contributed by atoms with Crippen LogP contribution < -0.4 is 0 Å². The second-order valence-electron chi connectivity index (χ2n) is 7.84. The summed E-state index contributed by atoms with van der Waals surface area (Å²) in [4.78, 5) is 0. The minimum Gasteiger partial charge on any atom is -0.393 e. The number of hydrogen-bond donors (Lipinski definition) is 1. The molecule has 0 saturated heterocycles. The molecule has 0 radical (unpaired) electrons. The maximum absolute atomic E-state index is 10.2. The Hall–Kier alpha value is 0.407. The molecule has 6 atom stereocenters. The average molecular weight is 389 g/mol. The van der Waals surface area contributed by atoms with Gasteiger partial charge in [-0.2, -0.15) is 11.8 Å². The van der Waals surface area contributed by atoms with Crippen molar-refractivity contribution in [3.8, 4) is 0 Å². The first-order valence-electron chi connectivity index (χ1n) is 10.3. The molecule has 25 heavy (non-hydrogen) atoms. The fourth-order valence-electron chi connectivity index (χ4n) is 5.66. The molecule has 1 N–H and O–H groups in total. The second kappa shape index (κ2) is 9.07. The van der Waals surface area contributed by atoms with Crippen LogP contribution >= 0.6 is 11.8 Å². The van der Waals surface area contributed by atoms with Gasteiger partial charge in [-0.3, -0.25) is 0 Å². The van der Waals surface area contributed by atoms with Gasteiger partial charge in [0.1, 0.15) is 0 Å². The monoisotopic (exact) mass is 388 g/mol. The molecule has 4 nitrogen and oxygen atoms in total. The Balaban J connectivity index is 1.41. The number of aliphatic hydroxyl groups is 1. The van der Waals surface area contributed by atoms with Crippen LogP contribution in [-0.4, -0.2) is 50.8 Å². The molecule has 0 aromatic carbocycles. The summed E-state index contributed by atoms with van der Waals surface area (Å²) in [5, 5.41) is 11.0. The highest BCUT2D eigenvalue weighted by atomic mass is 32.2. The fourth-order valence-corrected chi connectivity index (χ4v) is 9.89. The molecule has 146 valence electrons. The lowest BCUT2D eigenvalue weighted by molar-refractivity contribution is 0.0642. The number of rotatable bonds is 11. The summed E-state index contributed by atoms with van der Waals surface area (Å²) in [5.41, 5.74) is 0. The molecule has 0 spiro atoms. The van der Waals surface area contributed by atoms with Crippen LogP contribution in [0.2, 0.25) is 6.04 Å². The second-order valence-corrected chi connectivity index (χ2v) is 12.0. The third kappa shape index (κ3) is 4.46. The molecule has 0 aromatic heterocycles. The highest BCUT2D eigenvalue weighted by Gasteiger charge is 2.55. The summed E-state index contributed by atoms with van der Waals surface area (Å²) in [6.07, 6.45) is 6.21.